The van der Waals surface area contributed by atoms with Crippen LogP contribution in [0.15, 0.2) is 71.8 Å². The van der Waals surface area contributed by atoms with Gasteiger partial charge in [-0.05, 0) is 67.3 Å². The van der Waals surface area contributed by atoms with Crippen LogP contribution in [-0.2, 0) is 30.8 Å². The molecule has 0 aliphatic rings. The number of Topliss-reactive ketones (excluding diaryl/α,β-unsaturated/α-hetero) is 1. The van der Waals surface area contributed by atoms with E-state index < -0.39 is 22.0 Å². The zero-order valence-electron chi connectivity index (χ0n) is 25.6. The predicted molar refractivity (Wildman–Crippen MR) is 170 cm³/mol. The van der Waals surface area contributed by atoms with Crippen LogP contribution in [0.3, 0.4) is 0 Å². The van der Waals surface area contributed by atoms with Gasteiger partial charge in [0.1, 0.15) is 29.1 Å². The van der Waals surface area contributed by atoms with Gasteiger partial charge in [0, 0.05) is 43.3 Å². The number of ether oxygens (including phenoxy) is 2. The summed E-state index contributed by atoms with van der Waals surface area (Å²) in [7, 11) is -2.58. The summed E-state index contributed by atoms with van der Waals surface area (Å²) in [5.41, 5.74) is 0.993. The molecule has 0 saturated carbocycles. The van der Waals surface area contributed by atoms with E-state index in [1.165, 1.54) is 24.3 Å². The zero-order chi connectivity index (χ0) is 32.8. The average molecular weight is 641 g/mol. The highest BCUT2D eigenvalue weighted by molar-refractivity contribution is 7.89. The van der Waals surface area contributed by atoms with Crippen molar-refractivity contribution in [1.82, 2.24) is 9.71 Å². The number of hydrogen-bond donors (Lipinski definition) is 4. The Hall–Kier alpha value is -4.49. The minimum atomic E-state index is -4.17. The second-order valence-corrected chi connectivity index (χ2v) is 12.3. The van der Waals surface area contributed by atoms with Gasteiger partial charge in [0.05, 0.1) is 18.6 Å². The molecule has 4 N–H and O–H groups in total. The molecule has 13 heteroatoms. The van der Waals surface area contributed by atoms with Gasteiger partial charge in [0.15, 0.2) is 0 Å². The van der Waals surface area contributed by atoms with Gasteiger partial charge in [-0.3, -0.25) is 14.4 Å². The summed E-state index contributed by atoms with van der Waals surface area (Å²) in [4.78, 5) is 39.9. The molecule has 1 amide bonds. The molecule has 0 bridgehead atoms. The quantitative estimate of drug-likeness (QED) is 0.139. The molecule has 1 aromatic heterocycles. The van der Waals surface area contributed by atoms with Crippen LogP contribution in [0.4, 0.5) is 11.5 Å². The highest BCUT2D eigenvalue weighted by Gasteiger charge is 2.26. The predicted octanol–water partition coefficient (Wildman–Crippen LogP) is 4.28. The monoisotopic (exact) mass is 640 g/mol. The molecule has 242 valence electrons. The zero-order valence-corrected chi connectivity index (χ0v) is 26.4. The lowest BCUT2D eigenvalue weighted by atomic mass is 10.0. The SMILES string of the molecule is COc1ccnc(NCCCOc2ccc(C[C@H](NS(=O)(=O)c3ccc(NC(=O)CCCC(=O)C(C)C)cc3)C(=O)O)cc2)c1. The van der Waals surface area contributed by atoms with Gasteiger partial charge in [0.25, 0.3) is 0 Å². The summed E-state index contributed by atoms with van der Waals surface area (Å²) in [6.07, 6.45) is 3.18. The molecule has 2 aromatic carbocycles. The Labute approximate surface area is 263 Å². The van der Waals surface area contributed by atoms with E-state index in [4.69, 9.17) is 9.47 Å². The second kappa shape index (κ2) is 17.1. The summed E-state index contributed by atoms with van der Waals surface area (Å²) in [5.74, 6) is 0.412. The van der Waals surface area contributed by atoms with Gasteiger partial charge in [0.2, 0.25) is 15.9 Å². The first-order chi connectivity index (χ1) is 21.5. The number of benzene rings is 2. The fourth-order valence-corrected chi connectivity index (χ4v) is 5.35. The summed E-state index contributed by atoms with van der Waals surface area (Å²) in [6.45, 7) is 4.70. The van der Waals surface area contributed by atoms with E-state index >= 15 is 0 Å². The summed E-state index contributed by atoms with van der Waals surface area (Å²) in [6, 6.07) is 14.3. The molecule has 0 saturated heterocycles. The summed E-state index contributed by atoms with van der Waals surface area (Å²) < 4.78 is 39.1. The largest absolute Gasteiger partial charge is 0.497 e. The van der Waals surface area contributed by atoms with Gasteiger partial charge < -0.3 is 25.2 Å². The maximum Gasteiger partial charge on any atom is 0.322 e. The molecule has 0 aliphatic carbocycles. The Morgan fingerprint density at radius 1 is 0.933 bits per heavy atom. The molecule has 45 heavy (non-hydrogen) atoms. The van der Waals surface area contributed by atoms with Crippen LogP contribution >= 0.6 is 0 Å². The molecule has 0 spiro atoms. The van der Waals surface area contributed by atoms with E-state index in [2.05, 4.69) is 20.3 Å². The van der Waals surface area contributed by atoms with E-state index in [0.29, 0.717) is 61.0 Å². The van der Waals surface area contributed by atoms with Crippen molar-refractivity contribution < 1.29 is 37.4 Å². The summed E-state index contributed by atoms with van der Waals surface area (Å²) >= 11 is 0. The highest BCUT2D eigenvalue weighted by atomic mass is 32.2. The minimum Gasteiger partial charge on any atom is -0.497 e. The molecule has 0 fully saturated rings. The third kappa shape index (κ3) is 11.8. The Morgan fingerprint density at radius 2 is 1.64 bits per heavy atom. The normalized spacial score (nSPS) is 11.9. The van der Waals surface area contributed by atoms with Crippen molar-refractivity contribution in [1.29, 1.82) is 0 Å². The number of carbonyl (C=O) groups excluding carboxylic acids is 2. The molecule has 3 rings (SSSR count). The minimum absolute atomic E-state index is 0.0779. The lowest BCUT2D eigenvalue weighted by Crippen LogP contribution is -2.42. The van der Waals surface area contributed by atoms with Crippen LogP contribution in [0.1, 0.15) is 45.1 Å². The molecule has 12 nitrogen and oxygen atoms in total. The van der Waals surface area contributed by atoms with Gasteiger partial charge in [-0.25, -0.2) is 13.4 Å². The number of nitrogens with one attached hydrogen (secondary N) is 3. The van der Waals surface area contributed by atoms with Crippen molar-refractivity contribution in [2.24, 2.45) is 5.92 Å². The van der Waals surface area contributed by atoms with Gasteiger partial charge in [-0.15, -0.1) is 0 Å². The second-order valence-electron chi connectivity index (χ2n) is 10.6. The third-order valence-corrected chi connectivity index (χ3v) is 8.23. The smallest absolute Gasteiger partial charge is 0.322 e. The van der Waals surface area contributed by atoms with Crippen LogP contribution in [0, 0.1) is 5.92 Å². The number of carboxylic acid groups (broad SMARTS) is 1. The molecule has 0 radical (unpaired) electrons. The number of amides is 1. The Morgan fingerprint density at radius 3 is 2.29 bits per heavy atom. The van der Waals surface area contributed by atoms with Gasteiger partial charge >= 0.3 is 5.97 Å². The standard InChI is InChI=1S/C32H40N4O8S/c1-22(2)29(37)6-4-7-31(38)35-24-10-14-27(15-11-24)45(41,42)36-28(32(39)40)20-23-8-12-25(13-9-23)44-19-5-17-33-30-21-26(43-3)16-18-34-30/h8-16,18,21-22,28,36H,4-7,17,19-20H2,1-3H3,(H,33,34)(H,35,38)(H,39,40)/t28-/m0/s1. The van der Waals surface area contributed by atoms with Gasteiger partial charge in [-0.2, -0.15) is 4.72 Å². The first-order valence-electron chi connectivity index (χ1n) is 14.6. The van der Waals surface area contributed by atoms with Crippen LogP contribution in [0.2, 0.25) is 0 Å². The highest BCUT2D eigenvalue weighted by Crippen LogP contribution is 2.18. The van der Waals surface area contributed by atoms with Gasteiger partial charge in [-0.1, -0.05) is 26.0 Å². The van der Waals surface area contributed by atoms with Crippen LogP contribution < -0.4 is 24.8 Å². The Balaban J connectivity index is 1.46. The van der Waals surface area contributed by atoms with Crippen LogP contribution in [0.5, 0.6) is 11.5 Å². The lowest BCUT2D eigenvalue weighted by Gasteiger charge is -2.16. The number of hydrogen-bond acceptors (Lipinski definition) is 9. The van der Waals surface area contributed by atoms with Crippen molar-refractivity contribution in [3.8, 4) is 11.5 Å². The maximum absolute atomic E-state index is 13.0. The van der Waals surface area contributed by atoms with E-state index in [1.54, 1.807) is 49.7 Å². The van der Waals surface area contributed by atoms with Crippen molar-refractivity contribution in [3.63, 3.8) is 0 Å². The third-order valence-electron chi connectivity index (χ3n) is 6.74. The molecular formula is C32H40N4O8S. The van der Waals surface area contributed by atoms with Crippen molar-refractivity contribution in [2.45, 2.75) is 56.9 Å². The molecule has 3 aromatic rings. The molecule has 0 unspecified atom stereocenters. The number of aliphatic carboxylic acids is 1. The maximum atomic E-state index is 13.0. The van der Waals surface area contributed by atoms with E-state index in [0.717, 1.165) is 0 Å². The van der Waals surface area contributed by atoms with E-state index in [1.807, 2.05) is 13.8 Å². The van der Waals surface area contributed by atoms with E-state index in [-0.39, 0.29) is 35.3 Å². The number of nitrogens with zero attached hydrogens (tertiary/aromatic N) is 1. The first kappa shape index (κ1) is 35.0. The lowest BCUT2D eigenvalue weighted by molar-refractivity contribution is -0.139. The number of ketones is 1. The molecule has 1 heterocycles. The van der Waals surface area contributed by atoms with Crippen LogP contribution in [-0.4, -0.2) is 62.5 Å². The summed E-state index contributed by atoms with van der Waals surface area (Å²) in [5, 5.41) is 15.6. The number of methoxy groups -OCH3 is 1. The Bertz CT molecular complexity index is 1530. The van der Waals surface area contributed by atoms with Crippen molar-refractivity contribution >= 4 is 39.2 Å². The number of aromatic nitrogens is 1. The number of pyridine rings is 1. The number of sulfonamides is 1. The van der Waals surface area contributed by atoms with Crippen LogP contribution in [0.25, 0.3) is 0 Å². The molecular weight excluding hydrogens is 600 g/mol. The Kier molecular flexibility index (Phi) is 13.3. The fourth-order valence-electron chi connectivity index (χ4n) is 4.16. The number of anilines is 2. The van der Waals surface area contributed by atoms with Crippen molar-refractivity contribution in [3.05, 3.63) is 72.4 Å². The topological polar surface area (TPSA) is 173 Å². The molecule has 1 atom stereocenters. The fraction of sp³-hybridized carbons (Fsp3) is 0.375. The number of rotatable bonds is 19. The molecule has 0 aliphatic heterocycles. The average Bonchev–Trinajstić information content (AvgIpc) is 3.01. The first-order valence-corrected chi connectivity index (χ1v) is 16.1. The number of carbonyl (C=O) groups is 3. The number of carboxylic acids is 1. The van der Waals surface area contributed by atoms with E-state index in [9.17, 15) is 27.9 Å². The van der Waals surface area contributed by atoms with Crippen molar-refractivity contribution in [2.75, 3.05) is 30.9 Å².